The van der Waals surface area contributed by atoms with E-state index in [4.69, 9.17) is 5.73 Å². The average molecular weight is 258 g/mol. The third-order valence-electron chi connectivity index (χ3n) is 2.92. The summed E-state index contributed by atoms with van der Waals surface area (Å²) in [5, 5.41) is 4.22. The topological polar surface area (TPSA) is 64.2 Å². The second kappa shape index (κ2) is 6.15. The predicted octanol–water partition coefficient (Wildman–Crippen LogP) is 1.29. The van der Waals surface area contributed by atoms with Crippen molar-refractivity contribution in [2.24, 2.45) is 5.73 Å². The van der Waals surface area contributed by atoms with Crippen molar-refractivity contribution in [3.05, 3.63) is 48.3 Å². The van der Waals surface area contributed by atoms with Gasteiger partial charge in [0.15, 0.2) is 0 Å². The van der Waals surface area contributed by atoms with Crippen LogP contribution in [0, 0.1) is 0 Å². The lowest BCUT2D eigenvalue weighted by molar-refractivity contribution is 0.0769. The van der Waals surface area contributed by atoms with Crippen LogP contribution < -0.4 is 5.73 Å². The number of nitrogens with two attached hydrogens (primary N) is 1. The van der Waals surface area contributed by atoms with Crippen molar-refractivity contribution >= 4 is 5.91 Å². The Hall–Kier alpha value is -2.14. The largest absolute Gasteiger partial charge is 0.338 e. The lowest BCUT2D eigenvalue weighted by Crippen LogP contribution is -2.34. The maximum absolute atomic E-state index is 12.2. The van der Waals surface area contributed by atoms with Gasteiger partial charge < -0.3 is 10.6 Å². The zero-order valence-corrected chi connectivity index (χ0v) is 11.0. The maximum Gasteiger partial charge on any atom is 0.257 e. The molecule has 2 rings (SSSR count). The van der Waals surface area contributed by atoms with Crippen LogP contribution >= 0.6 is 0 Å². The standard InChI is InChI=1S/C14H18N4O/c1-2-17(9-8-15)14(19)12-10-16-18(11-12)13-6-4-3-5-7-13/h3-7,10-11H,2,8-9,15H2,1H3. The fraction of sp³-hybridized carbons (Fsp3) is 0.286. The van der Waals surface area contributed by atoms with E-state index in [1.54, 1.807) is 22.0 Å². The number of likely N-dealkylation sites (N-methyl/N-ethyl adjacent to an activating group) is 1. The summed E-state index contributed by atoms with van der Waals surface area (Å²) in [7, 11) is 0. The van der Waals surface area contributed by atoms with Crippen molar-refractivity contribution in [1.29, 1.82) is 0 Å². The second-order valence-corrected chi connectivity index (χ2v) is 4.18. The molecule has 5 heteroatoms. The fourth-order valence-corrected chi connectivity index (χ4v) is 1.90. The van der Waals surface area contributed by atoms with Crippen LogP contribution in [0.25, 0.3) is 5.69 Å². The third-order valence-corrected chi connectivity index (χ3v) is 2.92. The first-order chi connectivity index (χ1) is 9.26. The average Bonchev–Trinajstić information content (AvgIpc) is 2.95. The number of aromatic nitrogens is 2. The number of carbonyl (C=O) groups excluding carboxylic acids is 1. The first-order valence-electron chi connectivity index (χ1n) is 6.35. The maximum atomic E-state index is 12.2. The first kappa shape index (κ1) is 13.3. The fourth-order valence-electron chi connectivity index (χ4n) is 1.90. The zero-order valence-electron chi connectivity index (χ0n) is 11.0. The molecular weight excluding hydrogens is 240 g/mol. The molecule has 0 aliphatic heterocycles. The van der Waals surface area contributed by atoms with Crippen molar-refractivity contribution in [2.75, 3.05) is 19.6 Å². The minimum atomic E-state index is -0.0323. The van der Waals surface area contributed by atoms with E-state index in [0.717, 1.165) is 5.69 Å². The molecule has 0 aliphatic carbocycles. The normalized spacial score (nSPS) is 10.4. The molecule has 0 aliphatic rings. The van der Waals surface area contributed by atoms with E-state index >= 15 is 0 Å². The lowest BCUT2D eigenvalue weighted by Gasteiger charge is -2.18. The van der Waals surface area contributed by atoms with Gasteiger partial charge in [-0.1, -0.05) is 18.2 Å². The Bertz CT molecular complexity index is 535. The molecule has 0 unspecified atom stereocenters. The molecule has 0 fully saturated rings. The minimum Gasteiger partial charge on any atom is -0.338 e. The van der Waals surface area contributed by atoms with Crippen molar-refractivity contribution in [1.82, 2.24) is 14.7 Å². The third kappa shape index (κ3) is 3.00. The van der Waals surface area contributed by atoms with Gasteiger partial charge in [0, 0.05) is 25.8 Å². The van der Waals surface area contributed by atoms with Crippen LogP contribution in [-0.4, -0.2) is 40.2 Å². The van der Waals surface area contributed by atoms with E-state index < -0.39 is 0 Å². The molecular formula is C14H18N4O. The number of nitrogens with zero attached hydrogens (tertiary/aromatic N) is 3. The summed E-state index contributed by atoms with van der Waals surface area (Å²) in [5.74, 6) is -0.0323. The highest BCUT2D eigenvalue weighted by atomic mass is 16.2. The molecule has 0 bridgehead atoms. The van der Waals surface area contributed by atoms with E-state index in [-0.39, 0.29) is 5.91 Å². The quantitative estimate of drug-likeness (QED) is 0.879. The Kier molecular flexibility index (Phi) is 4.30. The number of hydrogen-bond acceptors (Lipinski definition) is 3. The molecule has 2 aromatic rings. The summed E-state index contributed by atoms with van der Waals surface area (Å²) in [5.41, 5.74) is 7.02. The van der Waals surface area contributed by atoms with Gasteiger partial charge in [0.25, 0.3) is 5.91 Å². The van der Waals surface area contributed by atoms with E-state index in [9.17, 15) is 4.79 Å². The number of benzene rings is 1. The molecule has 1 heterocycles. The smallest absolute Gasteiger partial charge is 0.257 e. The highest BCUT2D eigenvalue weighted by molar-refractivity contribution is 5.93. The SMILES string of the molecule is CCN(CCN)C(=O)c1cnn(-c2ccccc2)c1. The zero-order chi connectivity index (χ0) is 13.7. The number of carbonyl (C=O) groups is 1. The van der Waals surface area contributed by atoms with Crippen LogP contribution in [-0.2, 0) is 0 Å². The van der Waals surface area contributed by atoms with Gasteiger partial charge in [-0.15, -0.1) is 0 Å². The highest BCUT2D eigenvalue weighted by Crippen LogP contribution is 2.09. The van der Waals surface area contributed by atoms with Crippen LogP contribution in [0.1, 0.15) is 17.3 Å². The van der Waals surface area contributed by atoms with Gasteiger partial charge in [-0.25, -0.2) is 4.68 Å². The molecule has 0 atom stereocenters. The monoisotopic (exact) mass is 258 g/mol. The Labute approximate surface area is 112 Å². The van der Waals surface area contributed by atoms with Crippen molar-refractivity contribution in [3.63, 3.8) is 0 Å². The summed E-state index contributed by atoms with van der Waals surface area (Å²) in [4.78, 5) is 13.9. The Morgan fingerprint density at radius 2 is 2.11 bits per heavy atom. The highest BCUT2D eigenvalue weighted by Gasteiger charge is 2.15. The molecule has 0 saturated heterocycles. The predicted molar refractivity (Wildman–Crippen MR) is 74.2 cm³/mol. The van der Waals surface area contributed by atoms with Crippen LogP contribution in [0.15, 0.2) is 42.7 Å². The Balaban J connectivity index is 2.19. The van der Waals surface area contributed by atoms with E-state index in [0.29, 0.717) is 25.2 Å². The Morgan fingerprint density at radius 1 is 1.37 bits per heavy atom. The molecule has 0 spiro atoms. The first-order valence-corrected chi connectivity index (χ1v) is 6.35. The summed E-state index contributed by atoms with van der Waals surface area (Å²) in [6.07, 6.45) is 3.34. The second-order valence-electron chi connectivity index (χ2n) is 4.18. The summed E-state index contributed by atoms with van der Waals surface area (Å²) in [6, 6.07) is 9.70. The number of rotatable bonds is 5. The molecule has 100 valence electrons. The molecule has 2 N–H and O–H groups in total. The summed E-state index contributed by atoms with van der Waals surface area (Å²) >= 11 is 0. The van der Waals surface area contributed by atoms with Gasteiger partial charge in [0.1, 0.15) is 0 Å². The van der Waals surface area contributed by atoms with Gasteiger partial charge in [-0.3, -0.25) is 4.79 Å². The molecule has 1 aromatic carbocycles. The summed E-state index contributed by atoms with van der Waals surface area (Å²) < 4.78 is 1.70. The van der Waals surface area contributed by atoms with Crippen LogP contribution in [0.5, 0.6) is 0 Å². The molecule has 1 aromatic heterocycles. The van der Waals surface area contributed by atoms with Gasteiger partial charge in [0.2, 0.25) is 0 Å². The molecule has 5 nitrogen and oxygen atoms in total. The number of para-hydroxylation sites is 1. The van der Waals surface area contributed by atoms with Gasteiger partial charge in [-0.05, 0) is 19.1 Å². The summed E-state index contributed by atoms with van der Waals surface area (Å²) in [6.45, 7) is 3.61. The molecule has 0 saturated carbocycles. The molecule has 1 amide bonds. The van der Waals surface area contributed by atoms with Crippen molar-refractivity contribution in [3.8, 4) is 5.69 Å². The van der Waals surface area contributed by atoms with Crippen LogP contribution in [0.4, 0.5) is 0 Å². The van der Waals surface area contributed by atoms with E-state index in [1.165, 1.54) is 0 Å². The van der Waals surface area contributed by atoms with E-state index in [2.05, 4.69) is 5.10 Å². The number of amides is 1. The van der Waals surface area contributed by atoms with Gasteiger partial charge in [0.05, 0.1) is 17.4 Å². The lowest BCUT2D eigenvalue weighted by atomic mass is 10.3. The van der Waals surface area contributed by atoms with Gasteiger partial charge >= 0.3 is 0 Å². The van der Waals surface area contributed by atoms with Crippen molar-refractivity contribution < 1.29 is 4.79 Å². The van der Waals surface area contributed by atoms with E-state index in [1.807, 2.05) is 37.3 Å². The van der Waals surface area contributed by atoms with Crippen LogP contribution in [0.2, 0.25) is 0 Å². The molecule has 0 radical (unpaired) electrons. The van der Waals surface area contributed by atoms with Crippen LogP contribution in [0.3, 0.4) is 0 Å². The minimum absolute atomic E-state index is 0.0323. The van der Waals surface area contributed by atoms with Gasteiger partial charge in [-0.2, -0.15) is 5.10 Å². The number of hydrogen-bond donors (Lipinski definition) is 1. The Morgan fingerprint density at radius 3 is 2.74 bits per heavy atom. The molecule has 19 heavy (non-hydrogen) atoms. The van der Waals surface area contributed by atoms with Crippen molar-refractivity contribution in [2.45, 2.75) is 6.92 Å².